The highest BCUT2D eigenvalue weighted by molar-refractivity contribution is 7.09. The van der Waals surface area contributed by atoms with Gasteiger partial charge in [0.25, 0.3) is 0 Å². The number of amides is 1. The van der Waals surface area contributed by atoms with Gasteiger partial charge < -0.3 is 4.90 Å². The summed E-state index contributed by atoms with van der Waals surface area (Å²) < 4.78 is 13.7. The maximum atomic E-state index is 13.7. The van der Waals surface area contributed by atoms with Crippen LogP contribution in [0.4, 0.5) is 4.39 Å². The maximum absolute atomic E-state index is 13.7. The maximum Gasteiger partial charge on any atom is 0.246 e. The van der Waals surface area contributed by atoms with E-state index in [9.17, 15) is 9.18 Å². The SMILES string of the molecule is O=C(/C=C/c1c(F)cccc1Cl)N1CCN(Cc2cccs2)CC1. The van der Waals surface area contributed by atoms with Gasteiger partial charge in [0, 0.05) is 49.2 Å². The van der Waals surface area contributed by atoms with Gasteiger partial charge in [0.2, 0.25) is 5.91 Å². The predicted octanol–water partition coefficient (Wildman–Crippen LogP) is 3.90. The first-order chi connectivity index (χ1) is 11.6. The van der Waals surface area contributed by atoms with E-state index in [4.69, 9.17) is 11.6 Å². The van der Waals surface area contributed by atoms with Gasteiger partial charge in [0.05, 0.1) is 5.02 Å². The second kappa shape index (κ2) is 7.92. The van der Waals surface area contributed by atoms with Crippen LogP contribution in [0.1, 0.15) is 10.4 Å². The van der Waals surface area contributed by atoms with Crippen molar-refractivity contribution in [3.8, 4) is 0 Å². The van der Waals surface area contributed by atoms with Crippen LogP contribution >= 0.6 is 22.9 Å². The zero-order chi connectivity index (χ0) is 16.9. The molecule has 0 N–H and O–H groups in total. The van der Waals surface area contributed by atoms with E-state index in [0.29, 0.717) is 18.1 Å². The van der Waals surface area contributed by atoms with Crippen molar-refractivity contribution in [3.05, 3.63) is 63.1 Å². The molecule has 0 bridgehead atoms. The fraction of sp³-hybridized carbons (Fsp3) is 0.278. The number of rotatable bonds is 4. The number of hydrogen-bond acceptors (Lipinski definition) is 3. The second-order valence-electron chi connectivity index (χ2n) is 5.65. The summed E-state index contributed by atoms with van der Waals surface area (Å²) in [5.74, 6) is -0.530. The lowest BCUT2D eigenvalue weighted by Gasteiger charge is -2.34. The van der Waals surface area contributed by atoms with E-state index in [0.717, 1.165) is 19.6 Å². The minimum Gasteiger partial charge on any atom is -0.337 e. The van der Waals surface area contributed by atoms with Crippen molar-refractivity contribution in [1.29, 1.82) is 0 Å². The Morgan fingerprint density at radius 2 is 2.00 bits per heavy atom. The number of carbonyl (C=O) groups is 1. The molecule has 1 fully saturated rings. The van der Waals surface area contributed by atoms with Gasteiger partial charge >= 0.3 is 0 Å². The van der Waals surface area contributed by atoms with Gasteiger partial charge in [0.15, 0.2) is 0 Å². The van der Waals surface area contributed by atoms with Crippen molar-refractivity contribution in [2.45, 2.75) is 6.54 Å². The van der Waals surface area contributed by atoms with Crippen LogP contribution in [-0.2, 0) is 11.3 Å². The molecule has 1 saturated heterocycles. The Kier molecular flexibility index (Phi) is 5.66. The molecule has 0 atom stereocenters. The Morgan fingerprint density at radius 1 is 1.21 bits per heavy atom. The number of hydrogen-bond donors (Lipinski definition) is 0. The summed E-state index contributed by atoms with van der Waals surface area (Å²) in [5, 5.41) is 2.38. The molecule has 0 aliphatic carbocycles. The predicted molar refractivity (Wildman–Crippen MR) is 96.6 cm³/mol. The van der Waals surface area contributed by atoms with Crippen LogP contribution in [-0.4, -0.2) is 41.9 Å². The molecule has 3 rings (SSSR count). The third-order valence-electron chi connectivity index (χ3n) is 4.04. The normalized spacial score (nSPS) is 16.0. The lowest BCUT2D eigenvalue weighted by atomic mass is 10.2. The highest BCUT2D eigenvalue weighted by Crippen LogP contribution is 2.20. The van der Waals surface area contributed by atoms with E-state index in [-0.39, 0.29) is 11.5 Å². The number of carbonyl (C=O) groups excluding carboxylic acids is 1. The second-order valence-corrected chi connectivity index (χ2v) is 7.09. The summed E-state index contributed by atoms with van der Waals surface area (Å²) in [7, 11) is 0. The Morgan fingerprint density at radius 3 is 2.67 bits per heavy atom. The van der Waals surface area contributed by atoms with Crippen LogP contribution < -0.4 is 0 Å². The minimum absolute atomic E-state index is 0.106. The Balaban J connectivity index is 1.54. The third-order valence-corrected chi connectivity index (χ3v) is 5.23. The van der Waals surface area contributed by atoms with E-state index < -0.39 is 5.82 Å². The van der Waals surface area contributed by atoms with Crippen molar-refractivity contribution in [1.82, 2.24) is 9.80 Å². The van der Waals surface area contributed by atoms with Crippen molar-refractivity contribution >= 4 is 34.9 Å². The van der Waals surface area contributed by atoms with Gasteiger partial charge in [-0.25, -0.2) is 4.39 Å². The molecule has 6 heteroatoms. The molecule has 24 heavy (non-hydrogen) atoms. The third kappa shape index (κ3) is 4.23. The van der Waals surface area contributed by atoms with E-state index in [1.54, 1.807) is 28.4 Å². The lowest BCUT2D eigenvalue weighted by Crippen LogP contribution is -2.47. The molecule has 126 valence electrons. The summed E-state index contributed by atoms with van der Waals surface area (Å²) in [6.07, 6.45) is 2.86. The Hall–Kier alpha value is -1.69. The number of nitrogens with zero attached hydrogens (tertiary/aromatic N) is 2. The first-order valence-electron chi connectivity index (χ1n) is 7.79. The van der Waals surface area contributed by atoms with Crippen molar-refractivity contribution in [2.75, 3.05) is 26.2 Å². The molecule has 1 aliphatic rings. The van der Waals surface area contributed by atoms with Crippen LogP contribution in [0, 0.1) is 5.82 Å². The molecular weight excluding hydrogens is 347 g/mol. The van der Waals surface area contributed by atoms with Crippen LogP contribution in [0.2, 0.25) is 5.02 Å². The molecule has 0 saturated carbocycles. The molecule has 1 aliphatic heterocycles. The van der Waals surface area contributed by atoms with E-state index in [1.807, 2.05) is 0 Å². The molecule has 0 radical (unpaired) electrons. The minimum atomic E-state index is -0.424. The summed E-state index contributed by atoms with van der Waals surface area (Å²) in [4.78, 5) is 17.7. The summed E-state index contributed by atoms with van der Waals surface area (Å²) in [6, 6.07) is 8.67. The first kappa shape index (κ1) is 17.1. The molecular formula is C18H18ClFN2OS. The number of halogens is 2. The topological polar surface area (TPSA) is 23.6 Å². The smallest absolute Gasteiger partial charge is 0.246 e. The fourth-order valence-electron chi connectivity index (χ4n) is 2.68. The number of benzene rings is 1. The van der Waals surface area contributed by atoms with E-state index >= 15 is 0 Å². The van der Waals surface area contributed by atoms with Crippen LogP contribution in [0.25, 0.3) is 6.08 Å². The van der Waals surface area contributed by atoms with E-state index in [2.05, 4.69) is 22.4 Å². The highest BCUT2D eigenvalue weighted by Gasteiger charge is 2.20. The van der Waals surface area contributed by atoms with Crippen molar-refractivity contribution in [2.24, 2.45) is 0 Å². The molecule has 2 aromatic rings. The highest BCUT2D eigenvalue weighted by atomic mass is 35.5. The molecule has 0 spiro atoms. The monoisotopic (exact) mass is 364 g/mol. The number of thiophene rings is 1. The van der Waals surface area contributed by atoms with Gasteiger partial charge in [-0.05, 0) is 29.7 Å². The first-order valence-corrected chi connectivity index (χ1v) is 9.05. The van der Waals surface area contributed by atoms with Crippen LogP contribution in [0.5, 0.6) is 0 Å². The van der Waals surface area contributed by atoms with Crippen LogP contribution in [0.15, 0.2) is 41.8 Å². The quantitative estimate of drug-likeness (QED) is 0.768. The average Bonchev–Trinajstić information content (AvgIpc) is 3.08. The van der Waals surface area contributed by atoms with Crippen molar-refractivity contribution in [3.63, 3.8) is 0 Å². The number of piperazine rings is 1. The summed E-state index contributed by atoms with van der Waals surface area (Å²) >= 11 is 7.71. The molecule has 1 aromatic carbocycles. The van der Waals surface area contributed by atoms with Crippen molar-refractivity contribution < 1.29 is 9.18 Å². The van der Waals surface area contributed by atoms with Gasteiger partial charge in [-0.2, -0.15) is 0 Å². The molecule has 1 aromatic heterocycles. The van der Waals surface area contributed by atoms with Gasteiger partial charge in [-0.3, -0.25) is 9.69 Å². The molecule has 0 unspecified atom stereocenters. The van der Waals surface area contributed by atoms with Gasteiger partial charge in [0.1, 0.15) is 5.82 Å². The summed E-state index contributed by atoms with van der Waals surface area (Å²) in [6.45, 7) is 3.98. The molecule has 3 nitrogen and oxygen atoms in total. The summed E-state index contributed by atoms with van der Waals surface area (Å²) in [5.41, 5.74) is 0.254. The lowest BCUT2D eigenvalue weighted by molar-refractivity contribution is -0.127. The van der Waals surface area contributed by atoms with E-state index in [1.165, 1.54) is 23.1 Å². The zero-order valence-electron chi connectivity index (χ0n) is 13.1. The zero-order valence-corrected chi connectivity index (χ0v) is 14.7. The van der Waals surface area contributed by atoms with Gasteiger partial charge in [-0.1, -0.05) is 23.7 Å². The van der Waals surface area contributed by atoms with Gasteiger partial charge in [-0.15, -0.1) is 11.3 Å². The molecule has 1 amide bonds. The standard InChI is InChI=1S/C18H18ClFN2OS/c19-16-4-1-5-17(20)15(16)6-7-18(23)22-10-8-21(9-11-22)13-14-3-2-12-24-14/h1-7,12H,8-11,13H2/b7-6+. The van der Waals surface area contributed by atoms with Crippen LogP contribution in [0.3, 0.4) is 0 Å². The Labute approximate surface area is 150 Å². The largest absolute Gasteiger partial charge is 0.337 e. The fourth-order valence-corrected chi connectivity index (χ4v) is 3.65. The average molecular weight is 365 g/mol. The Bertz CT molecular complexity index is 704. The molecule has 2 heterocycles.